The third kappa shape index (κ3) is 2.35. The molecule has 3 rings (SSSR count). The molecule has 1 aromatic rings. The van der Waals surface area contributed by atoms with Gasteiger partial charge in [-0.3, -0.25) is 4.90 Å². The molecular weight excluding hydrogens is 243 g/mol. The van der Waals surface area contributed by atoms with Crippen molar-refractivity contribution >= 4 is 0 Å². The maximum Gasteiger partial charge on any atom is 0.126 e. The number of piperidine rings is 1. The SMILES string of the molecule is CC(c1ccc(F)cc1O)N1CCCC2CNCC21. The lowest BCUT2D eigenvalue weighted by Gasteiger charge is -2.41. The van der Waals surface area contributed by atoms with Gasteiger partial charge in [0.15, 0.2) is 0 Å². The Hall–Kier alpha value is -1.13. The van der Waals surface area contributed by atoms with E-state index in [1.165, 1.54) is 25.0 Å². The number of hydrogen-bond donors (Lipinski definition) is 2. The summed E-state index contributed by atoms with van der Waals surface area (Å²) >= 11 is 0. The molecule has 0 saturated carbocycles. The minimum Gasteiger partial charge on any atom is -0.508 e. The summed E-state index contributed by atoms with van der Waals surface area (Å²) in [6.07, 6.45) is 2.49. The Morgan fingerprint density at radius 3 is 3.05 bits per heavy atom. The maximum absolute atomic E-state index is 13.1. The van der Waals surface area contributed by atoms with E-state index in [0.29, 0.717) is 6.04 Å². The molecule has 4 heteroatoms. The first-order valence-electron chi connectivity index (χ1n) is 7.11. The van der Waals surface area contributed by atoms with E-state index in [4.69, 9.17) is 0 Å². The second-order valence-electron chi connectivity index (χ2n) is 5.74. The molecule has 0 aliphatic carbocycles. The number of fused-ring (bicyclic) bond motifs is 1. The van der Waals surface area contributed by atoms with Crippen molar-refractivity contribution in [2.75, 3.05) is 19.6 Å². The predicted octanol–water partition coefficient (Wildman–Crippen LogP) is 2.28. The number of rotatable bonds is 2. The van der Waals surface area contributed by atoms with Gasteiger partial charge in [-0.15, -0.1) is 0 Å². The molecule has 0 bridgehead atoms. The molecule has 2 heterocycles. The minimum atomic E-state index is -0.382. The Labute approximate surface area is 113 Å². The topological polar surface area (TPSA) is 35.5 Å². The van der Waals surface area contributed by atoms with Gasteiger partial charge in [0.25, 0.3) is 0 Å². The summed E-state index contributed by atoms with van der Waals surface area (Å²) in [4.78, 5) is 2.46. The van der Waals surface area contributed by atoms with Crippen LogP contribution in [0.3, 0.4) is 0 Å². The summed E-state index contributed by atoms with van der Waals surface area (Å²) in [5.74, 6) is 0.409. The number of phenolic OH excluding ortho intramolecular Hbond substituents is 1. The number of likely N-dealkylation sites (tertiary alicyclic amines) is 1. The van der Waals surface area contributed by atoms with Crippen molar-refractivity contribution in [2.24, 2.45) is 5.92 Å². The predicted molar refractivity (Wildman–Crippen MR) is 72.6 cm³/mol. The van der Waals surface area contributed by atoms with Gasteiger partial charge in [0.2, 0.25) is 0 Å². The Morgan fingerprint density at radius 2 is 2.26 bits per heavy atom. The molecule has 2 fully saturated rings. The van der Waals surface area contributed by atoms with E-state index < -0.39 is 0 Å². The van der Waals surface area contributed by atoms with Gasteiger partial charge in [-0.1, -0.05) is 6.07 Å². The highest BCUT2D eigenvalue weighted by atomic mass is 19.1. The van der Waals surface area contributed by atoms with Crippen molar-refractivity contribution in [3.05, 3.63) is 29.6 Å². The average Bonchev–Trinajstić information content (AvgIpc) is 2.86. The molecule has 1 aromatic carbocycles. The van der Waals surface area contributed by atoms with E-state index in [9.17, 15) is 9.50 Å². The lowest BCUT2D eigenvalue weighted by Crippen LogP contribution is -2.46. The van der Waals surface area contributed by atoms with Crippen molar-refractivity contribution in [2.45, 2.75) is 31.8 Å². The van der Waals surface area contributed by atoms with Crippen LogP contribution in [0.2, 0.25) is 0 Å². The first kappa shape index (κ1) is 12.9. The van der Waals surface area contributed by atoms with Gasteiger partial charge in [-0.2, -0.15) is 0 Å². The monoisotopic (exact) mass is 264 g/mol. The van der Waals surface area contributed by atoms with E-state index in [1.807, 2.05) is 0 Å². The molecule has 0 aromatic heterocycles. The maximum atomic E-state index is 13.1. The fourth-order valence-electron chi connectivity index (χ4n) is 3.63. The second kappa shape index (κ2) is 5.10. The molecule has 2 aliphatic rings. The summed E-state index contributed by atoms with van der Waals surface area (Å²) in [5, 5.41) is 13.4. The molecular formula is C15H21FN2O. The zero-order valence-electron chi connectivity index (χ0n) is 11.3. The zero-order valence-corrected chi connectivity index (χ0v) is 11.3. The van der Waals surface area contributed by atoms with Crippen molar-refractivity contribution in [3.8, 4) is 5.75 Å². The van der Waals surface area contributed by atoms with Gasteiger partial charge in [0.05, 0.1) is 0 Å². The zero-order chi connectivity index (χ0) is 13.4. The van der Waals surface area contributed by atoms with Gasteiger partial charge in [0.1, 0.15) is 11.6 Å². The molecule has 2 N–H and O–H groups in total. The molecule has 2 saturated heterocycles. The molecule has 3 nitrogen and oxygen atoms in total. The smallest absolute Gasteiger partial charge is 0.126 e. The number of hydrogen-bond acceptors (Lipinski definition) is 3. The van der Waals surface area contributed by atoms with Crippen LogP contribution < -0.4 is 5.32 Å². The fraction of sp³-hybridized carbons (Fsp3) is 0.600. The Morgan fingerprint density at radius 1 is 1.42 bits per heavy atom. The molecule has 0 spiro atoms. The fourth-order valence-corrected chi connectivity index (χ4v) is 3.63. The number of halogens is 1. The molecule has 3 atom stereocenters. The molecule has 19 heavy (non-hydrogen) atoms. The van der Waals surface area contributed by atoms with Crippen molar-refractivity contribution in [1.29, 1.82) is 0 Å². The van der Waals surface area contributed by atoms with Crippen LogP contribution in [0.15, 0.2) is 18.2 Å². The average molecular weight is 264 g/mol. The highest BCUT2D eigenvalue weighted by Crippen LogP contribution is 2.36. The van der Waals surface area contributed by atoms with E-state index >= 15 is 0 Å². The van der Waals surface area contributed by atoms with Crippen LogP contribution in [0.1, 0.15) is 31.4 Å². The van der Waals surface area contributed by atoms with Crippen LogP contribution in [0.25, 0.3) is 0 Å². The van der Waals surface area contributed by atoms with Crippen LogP contribution in [-0.2, 0) is 0 Å². The standard InChI is InChI=1S/C15H21FN2O/c1-10(13-5-4-12(16)7-15(13)19)18-6-2-3-11-8-17-9-14(11)18/h4-5,7,10-11,14,17,19H,2-3,6,8-9H2,1H3. The molecule has 0 radical (unpaired) electrons. The third-order valence-corrected chi connectivity index (χ3v) is 4.66. The van der Waals surface area contributed by atoms with Crippen molar-refractivity contribution in [3.63, 3.8) is 0 Å². The Balaban J connectivity index is 1.84. The van der Waals surface area contributed by atoms with Crippen LogP contribution in [0, 0.1) is 11.7 Å². The van der Waals surface area contributed by atoms with Gasteiger partial charge in [-0.25, -0.2) is 4.39 Å². The van der Waals surface area contributed by atoms with Gasteiger partial charge in [0, 0.05) is 30.3 Å². The summed E-state index contributed by atoms with van der Waals surface area (Å²) in [7, 11) is 0. The molecule has 104 valence electrons. The number of phenols is 1. The number of benzene rings is 1. The first-order chi connectivity index (χ1) is 9.16. The van der Waals surface area contributed by atoms with Crippen LogP contribution in [0.4, 0.5) is 4.39 Å². The molecule has 0 amide bonds. The summed E-state index contributed by atoms with van der Waals surface area (Å²) in [5.41, 5.74) is 0.828. The van der Waals surface area contributed by atoms with E-state index in [2.05, 4.69) is 17.1 Å². The third-order valence-electron chi connectivity index (χ3n) is 4.66. The number of nitrogens with one attached hydrogen (secondary N) is 1. The van der Waals surface area contributed by atoms with Gasteiger partial charge < -0.3 is 10.4 Å². The minimum absolute atomic E-state index is 0.0700. The Bertz CT molecular complexity index is 465. The molecule has 2 aliphatic heterocycles. The molecule has 3 unspecified atom stereocenters. The number of aromatic hydroxyl groups is 1. The first-order valence-corrected chi connectivity index (χ1v) is 7.11. The second-order valence-corrected chi connectivity index (χ2v) is 5.74. The van der Waals surface area contributed by atoms with Crippen LogP contribution in [-0.4, -0.2) is 35.7 Å². The van der Waals surface area contributed by atoms with E-state index in [0.717, 1.165) is 31.1 Å². The van der Waals surface area contributed by atoms with Gasteiger partial charge >= 0.3 is 0 Å². The van der Waals surface area contributed by atoms with Crippen molar-refractivity contribution in [1.82, 2.24) is 10.2 Å². The lowest BCUT2D eigenvalue weighted by atomic mass is 9.89. The Kier molecular flexibility index (Phi) is 3.46. The van der Waals surface area contributed by atoms with E-state index in [-0.39, 0.29) is 17.6 Å². The van der Waals surface area contributed by atoms with Gasteiger partial charge in [-0.05, 0) is 44.8 Å². The summed E-state index contributed by atoms with van der Waals surface area (Å²) in [6.45, 7) is 5.29. The van der Waals surface area contributed by atoms with Crippen LogP contribution in [0.5, 0.6) is 5.75 Å². The normalized spacial score (nSPS) is 29.2. The largest absolute Gasteiger partial charge is 0.508 e. The van der Waals surface area contributed by atoms with Crippen molar-refractivity contribution < 1.29 is 9.50 Å². The van der Waals surface area contributed by atoms with E-state index in [1.54, 1.807) is 6.07 Å². The highest BCUT2D eigenvalue weighted by molar-refractivity contribution is 5.35. The summed E-state index contributed by atoms with van der Waals surface area (Å²) in [6, 6.07) is 5.03. The van der Waals surface area contributed by atoms with Crippen LogP contribution >= 0.6 is 0 Å². The summed E-state index contributed by atoms with van der Waals surface area (Å²) < 4.78 is 13.1. The number of nitrogens with zero attached hydrogens (tertiary/aromatic N) is 1. The lowest BCUT2D eigenvalue weighted by molar-refractivity contribution is 0.0835. The quantitative estimate of drug-likeness (QED) is 0.860. The highest BCUT2D eigenvalue weighted by Gasteiger charge is 2.37.